The van der Waals surface area contributed by atoms with Crippen LogP contribution in [0.25, 0.3) is 0 Å². The molecule has 1 saturated heterocycles. The molecule has 1 aliphatic rings. The average Bonchev–Trinajstić information content (AvgIpc) is 2.73. The molecule has 0 bridgehead atoms. The Hall–Kier alpha value is -1.96. The Morgan fingerprint density at radius 3 is 2.36 bits per heavy atom. The van der Waals surface area contributed by atoms with E-state index in [-0.39, 0.29) is 12.8 Å². The molecular weight excluding hydrogens is 296 g/mol. The van der Waals surface area contributed by atoms with Gasteiger partial charge in [-0.25, -0.2) is 4.79 Å². The zero-order chi connectivity index (χ0) is 16.7. The third-order valence-corrected chi connectivity index (χ3v) is 2.92. The smallest absolute Gasteiger partial charge is 0.356 e. The van der Waals surface area contributed by atoms with Crippen molar-refractivity contribution in [2.45, 2.75) is 57.8 Å². The molecule has 0 aromatic rings. The van der Waals surface area contributed by atoms with Gasteiger partial charge in [0.05, 0.1) is 0 Å². The van der Waals surface area contributed by atoms with Crippen molar-refractivity contribution in [2.24, 2.45) is 0 Å². The maximum Gasteiger partial charge on any atom is 0.356 e. The summed E-state index contributed by atoms with van der Waals surface area (Å²) in [5.41, 5.74) is 0. The van der Waals surface area contributed by atoms with Crippen LogP contribution >= 0.6 is 0 Å². The molecule has 1 N–H and O–H groups in total. The number of aliphatic hydroxyl groups excluding tert-OH is 1. The summed E-state index contributed by atoms with van der Waals surface area (Å²) in [7, 11) is 0. The summed E-state index contributed by atoms with van der Waals surface area (Å²) < 4.78 is 14.2. The van der Waals surface area contributed by atoms with Crippen molar-refractivity contribution < 1.29 is 38.5 Å². The Morgan fingerprint density at radius 1 is 1.18 bits per heavy atom. The third kappa shape index (κ3) is 4.80. The van der Waals surface area contributed by atoms with E-state index in [1.165, 1.54) is 0 Å². The number of ketones is 1. The number of hydrogen-bond donors (Lipinski definition) is 1. The van der Waals surface area contributed by atoms with Crippen LogP contribution in [-0.4, -0.2) is 53.7 Å². The highest BCUT2D eigenvalue weighted by Gasteiger charge is 2.49. The molecule has 1 aliphatic heterocycles. The molecule has 8 heteroatoms. The summed E-state index contributed by atoms with van der Waals surface area (Å²) in [4.78, 5) is 46.0. The summed E-state index contributed by atoms with van der Waals surface area (Å²) >= 11 is 0. The predicted molar refractivity (Wildman–Crippen MR) is 71.5 cm³/mol. The number of cyclic esters (lactones) is 1. The minimum absolute atomic E-state index is 0.0684. The molecule has 0 radical (unpaired) electrons. The Balaban J connectivity index is 2.55. The molecule has 0 saturated carbocycles. The molecule has 3 unspecified atom stereocenters. The highest BCUT2D eigenvalue weighted by atomic mass is 16.6. The summed E-state index contributed by atoms with van der Waals surface area (Å²) in [5.74, 6) is -3.10. The van der Waals surface area contributed by atoms with Crippen LogP contribution in [0.15, 0.2) is 0 Å². The molecule has 1 fully saturated rings. The van der Waals surface area contributed by atoms with E-state index in [9.17, 15) is 24.3 Å². The first-order valence-corrected chi connectivity index (χ1v) is 7.18. The molecule has 1 heterocycles. The third-order valence-electron chi connectivity index (χ3n) is 2.92. The van der Waals surface area contributed by atoms with Crippen LogP contribution in [0.1, 0.15) is 39.5 Å². The van der Waals surface area contributed by atoms with E-state index < -0.39 is 48.6 Å². The fraction of sp³-hybridized carbons (Fsp3) is 0.714. The highest BCUT2D eigenvalue weighted by molar-refractivity contribution is 6.10. The van der Waals surface area contributed by atoms with Crippen LogP contribution in [0, 0.1) is 0 Å². The molecule has 3 atom stereocenters. The molecular formula is C14H20O8. The molecule has 0 aliphatic carbocycles. The lowest BCUT2D eigenvalue weighted by Crippen LogP contribution is -2.39. The summed E-state index contributed by atoms with van der Waals surface area (Å²) in [6, 6.07) is 0. The second-order valence-corrected chi connectivity index (χ2v) is 4.88. The zero-order valence-corrected chi connectivity index (χ0v) is 12.6. The largest absolute Gasteiger partial charge is 0.463 e. The van der Waals surface area contributed by atoms with E-state index in [0.717, 1.165) is 0 Å². The van der Waals surface area contributed by atoms with Crippen LogP contribution in [0.5, 0.6) is 0 Å². The van der Waals surface area contributed by atoms with Crippen LogP contribution in [-0.2, 0) is 33.4 Å². The molecule has 22 heavy (non-hydrogen) atoms. The Kier molecular flexibility index (Phi) is 6.97. The number of hydrogen-bond acceptors (Lipinski definition) is 8. The predicted octanol–water partition coefficient (Wildman–Crippen LogP) is -0.103. The van der Waals surface area contributed by atoms with Crippen molar-refractivity contribution in [1.82, 2.24) is 0 Å². The number of aliphatic hydroxyl groups is 1. The SMILES string of the molecule is CCCC(=O)OCC(O)C1OC(=O)C(OC(=O)CCC)C1=O. The summed E-state index contributed by atoms with van der Waals surface area (Å²) in [6.07, 6.45) is -3.31. The van der Waals surface area contributed by atoms with Crippen LogP contribution in [0.3, 0.4) is 0 Å². The first-order chi connectivity index (χ1) is 10.4. The molecule has 0 amide bonds. The first kappa shape index (κ1) is 18.1. The minimum Gasteiger partial charge on any atom is -0.463 e. The molecule has 124 valence electrons. The van der Waals surface area contributed by atoms with E-state index in [1.54, 1.807) is 13.8 Å². The van der Waals surface area contributed by atoms with Crippen molar-refractivity contribution in [3.63, 3.8) is 0 Å². The van der Waals surface area contributed by atoms with Gasteiger partial charge in [-0.05, 0) is 12.8 Å². The number of carbonyl (C=O) groups excluding carboxylic acids is 4. The zero-order valence-electron chi connectivity index (χ0n) is 12.6. The average molecular weight is 316 g/mol. The van der Waals surface area contributed by atoms with Gasteiger partial charge in [0.2, 0.25) is 5.78 Å². The van der Waals surface area contributed by atoms with E-state index in [2.05, 4.69) is 0 Å². The number of carbonyl (C=O) groups is 4. The normalized spacial score (nSPS) is 22.1. The van der Waals surface area contributed by atoms with Gasteiger partial charge in [0.1, 0.15) is 12.7 Å². The van der Waals surface area contributed by atoms with E-state index in [0.29, 0.717) is 12.8 Å². The van der Waals surface area contributed by atoms with E-state index in [1.807, 2.05) is 0 Å². The molecule has 1 rings (SSSR count). The van der Waals surface area contributed by atoms with Gasteiger partial charge in [0, 0.05) is 12.8 Å². The number of esters is 3. The molecule has 0 spiro atoms. The highest BCUT2D eigenvalue weighted by Crippen LogP contribution is 2.18. The maximum absolute atomic E-state index is 11.9. The number of Topliss-reactive ketones (excluding diaryl/α,β-unsaturated/α-hetero) is 1. The van der Waals surface area contributed by atoms with E-state index >= 15 is 0 Å². The van der Waals surface area contributed by atoms with Crippen molar-refractivity contribution in [1.29, 1.82) is 0 Å². The van der Waals surface area contributed by atoms with Crippen molar-refractivity contribution in [2.75, 3.05) is 6.61 Å². The van der Waals surface area contributed by atoms with Gasteiger partial charge in [-0.3, -0.25) is 14.4 Å². The number of ether oxygens (including phenoxy) is 3. The van der Waals surface area contributed by atoms with Gasteiger partial charge < -0.3 is 19.3 Å². The lowest BCUT2D eigenvalue weighted by Gasteiger charge is -2.15. The van der Waals surface area contributed by atoms with Gasteiger partial charge >= 0.3 is 17.9 Å². The van der Waals surface area contributed by atoms with E-state index in [4.69, 9.17) is 14.2 Å². The second-order valence-electron chi connectivity index (χ2n) is 4.88. The van der Waals surface area contributed by atoms with Gasteiger partial charge in [0.15, 0.2) is 6.10 Å². The Bertz CT molecular complexity index is 444. The van der Waals surface area contributed by atoms with Gasteiger partial charge in [0.25, 0.3) is 6.10 Å². The minimum atomic E-state index is -1.66. The fourth-order valence-electron chi connectivity index (χ4n) is 1.82. The van der Waals surface area contributed by atoms with Gasteiger partial charge in [-0.15, -0.1) is 0 Å². The monoisotopic (exact) mass is 316 g/mol. The Morgan fingerprint density at radius 2 is 1.77 bits per heavy atom. The van der Waals surface area contributed by atoms with Crippen LogP contribution in [0.4, 0.5) is 0 Å². The molecule has 0 aromatic heterocycles. The van der Waals surface area contributed by atoms with Crippen LogP contribution < -0.4 is 0 Å². The van der Waals surface area contributed by atoms with Crippen molar-refractivity contribution in [3.8, 4) is 0 Å². The maximum atomic E-state index is 11.9. The lowest BCUT2D eigenvalue weighted by molar-refractivity contribution is -0.163. The lowest BCUT2D eigenvalue weighted by atomic mass is 10.1. The van der Waals surface area contributed by atoms with Crippen molar-refractivity contribution in [3.05, 3.63) is 0 Å². The van der Waals surface area contributed by atoms with Gasteiger partial charge in [-0.2, -0.15) is 0 Å². The summed E-state index contributed by atoms with van der Waals surface area (Å²) in [5, 5.41) is 9.79. The van der Waals surface area contributed by atoms with Crippen LogP contribution in [0.2, 0.25) is 0 Å². The standard InChI is InChI=1S/C14H20O8/c1-3-5-9(16)20-7-8(15)12-11(18)13(14(19)22-12)21-10(17)6-4-2/h8,12-13,15H,3-7H2,1-2H3. The molecule has 0 aromatic carbocycles. The topological polar surface area (TPSA) is 116 Å². The fourth-order valence-corrected chi connectivity index (χ4v) is 1.82. The number of rotatable bonds is 8. The Labute approximate surface area is 127 Å². The second kappa shape index (κ2) is 8.47. The van der Waals surface area contributed by atoms with Gasteiger partial charge in [-0.1, -0.05) is 13.8 Å². The molecule has 8 nitrogen and oxygen atoms in total. The van der Waals surface area contributed by atoms with Crippen molar-refractivity contribution >= 4 is 23.7 Å². The quantitative estimate of drug-likeness (QED) is 0.375. The summed E-state index contributed by atoms with van der Waals surface area (Å²) in [6.45, 7) is 3.06. The first-order valence-electron chi connectivity index (χ1n) is 7.18.